The Bertz CT molecular complexity index is 1580. The van der Waals surface area contributed by atoms with Crippen molar-refractivity contribution < 1.29 is 33.4 Å². The minimum atomic E-state index is -1.25. The highest BCUT2D eigenvalue weighted by Gasteiger charge is 2.46. The Morgan fingerprint density at radius 1 is 1.16 bits per heavy atom. The summed E-state index contributed by atoms with van der Waals surface area (Å²) in [6.07, 6.45) is 2.01. The molecule has 0 saturated carbocycles. The number of piperazine rings is 1. The highest BCUT2D eigenvalue weighted by Crippen LogP contribution is 2.45. The normalized spacial score (nSPS) is 18.7. The third-order valence-electron chi connectivity index (χ3n) is 6.82. The van der Waals surface area contributed by atoms with Crippen LogP contribution >= 0.6 is 11.6 Å². The smallest absolute Gasteiger partial charge is 0.326 e. The third-order valence-corrected chi connectivity index (χ3v) is 7.07. The van der Waals surface area contributed by atoms with Gasteiger partial charge in [0.25, 0.3) is 0 Å². The number of carbonyl (C=O) groups excluding carboxylic acids is 3. The molecule has 2 aliphatic rings. The summed E-state index contributed by atoms with van der Waals surface area (Å²) in [7, 11) is 0. The highest BCUT2D eigenvalue weighted by molar-refractivity contribution is 6.30. The van der Waals surface area contributed by atoms with Gasteiger partial charge in [-0.15, -0.1) is 0 Å². The van der Waals surface area contributed by atoms with E-state index in [1.807, 2.05) is 32.9 Å². The first-order valence-electron chi connectivity index (χ1n) is 13.6. The monoisotopic (exact) mass is 607 g/mol. The molecule has 1 saturated heterocycles. The third kappa shape index (κ3) is 6.54. The van der Waals surface area contributed by atoms with Crippen molar-refractivity contribution >= 4 is 41.1 Å². The van der Waals surface area contributed by atoms with E-state index in [0.717, 1.165) is 5.56 Å². The first kappa shape index (κ1) is 29.8. The number of carbonyl (C=O) groups is 4. The number of aliphatic imine (C=N–C) groups is 1. The van der Waals surface area contributed by atoms with Crippen molar-refractivity contribution in [1.29, 1.82) is 0 Å². The fourth-order valence-corrected chi connectivity index (χ4v) is 5.14. The molecule has 0 spiro atoms. The summed E-state index contributed by atoms with van der Waals surface area (Å²) >= 11 is 6.17. The van der Waals surface area contributed by atoms with Crippen LogP contribution in [0.5, 0.6) is 5.75 Å². The second-order valence-corrected chi connectivity index (χ2v) is 11.6. The second-order valence-electron chi connectivity index (χ2n) is 11.2. The van der Waals surface area contributed by atoms with Crippen molar-refractivity contribution in [1.82, 2.24) is 20.1 Å². The van der Waals surface area contributed by atoms with E-state index >= 15 is 0 Å². The van der Waals surface area contributed by atoms with E-state index in [9.17, 15) is 24.3 Å². The van der Waals surface area contributed by atoms with Gasteiger partial charge in [-0.2, -0.15) is 0 Å². The van der Waals surface area contributed by atoms with Crippen LogP contribution in [0.3, 0.4) is 0 Å². The van der Waals surface area contributed by atoms with Gasteiger partial charge in [-0.1, -0.05) is 29.8 Å². The molecule has 2 N–H and O–H groups in total. The molecule has 5 rings (SSSR count). The molecule has 2 aromatic carbocycles. The molecule has 0 aliphatic carbocycles. The fraction of sp³-hybridized carbons (Fsp3) is 0.333. The number of nitrogens with zero attached hydrogens (tertiary/aromatic N) is 4. The Balaban J connectivity index is 1.69. The van der Waals surface area contributed by atoms with E-state index in [-0.39, 0.29) is 36.1 Å². The van der Waals surface area contributed by atoms with Gasteiger partial charge in [0, 0.05) is 23.7 Å². The standard InChI is InChI=1S/C30H30ClN5O7/c1-30(2,3)43-23-12-18(22(37)13-25(39)40)6-9-20(23)28-34-26(17-4-7-19(31)8-5-17)27(21-15-42-16-33-21)36(28)29(41)35-11-10-32-24(38)14-35/h4-9,12,15-16,26-27H,10-11,13-14H2,1-3H3,(H,32,38)(H,39,40). The molecular formula is C30H30ClN5O7. The van der Waals surface area contributed by atoms with Crippen LogP contribution in [-0.4, -0.2) is 74.7 Å². The summed E-state index contributed by atoms with van der Waals surface area (Å²) in [6, 6.07) is 9.69. The number of amidine groups is 1. The molecule has 0 radical (unpaired) electrons. The van der Waals surface area contributed by atoms with E-state index in [0.29, 0.717) is 22.8 Å². The highest BCUT2D eigenvalue weighted by atomic mass is 35.5. The Morgan fingerprint density at radius 2 is 1.91 bits per heavy atom. The Hall–Kier alpha value is -4.71. The van der Waals surface area contributed by atoms with Crippen molar-refractivity contribution in [3.63, 3.8) is 0 Å². The summed E-state index contributed by atoms with van der Waals surface area (Å²) in [4.78, 5) is 62.8. The van der Waals surface area contributed by atoms with Crippen molar-refractivity contribution in [2.75, 3.05) is 19.6 Å². The van der Waals surface area contributed by atoms with Gasteiger partial charge in [0.1, 0.15) is 54.2 Å². The zero-order valence-electron chi connectivity index (χ0n) is 23.7. The number of carboxylic acid groups (broad SMARTS) is 1. The number of ether oxygens (including phenoxy) is 1. The lowest BCUT2D eigenvalue weighted by molar-refractivity contribution is -0.136. The number of benzene rings is 2. The summed E-state index contributed by atoms with van der Waals surface area (Å²) in [6.45, 7) is 5.89. The maximum atomic E-state index is 14.3. The number of amides is 3. The first-order valence-corrected chi connectivity index (χ1v) is 13.9. The van der Waals surface area contributed by atoms with Crippen LogP contribution in [0.2, 0.25) is 5.02 Å². The second kappa shape index (κ2) is 11.9. The number of carboxylic acids is 1. The van der Waals surface area contributed by atoms with E-state index in [1.165, 1.54) is 34.6 Å². The number of rotatable bonds is 7. The molecule has 2 aliphatic heterocycles. The number of halogens is 1. The maximum absolute atomic E-state index is 14.3. The van der Waals surface area contributed by atoms with E-state index < -0.39 is 41.9 Å². The number of hydrogen-bond acceptors (Lipinski definition) is 8. The Kier molecular flexibility index (Phi) is 8.23. The molecule has 3 aromatic rings. The lowest BCUT2D eigenvalue weighted by Gasteiger charge is -2.35. The van der Waals surface area contributed by atoms with Crippen LogP contribution in [0.15, 0.2) is 64.5 Å². The van der Waals surface area contributed by atoms with Gasteiger partial charge in [0.05, 0.1) is 5.56 Å². The molecule has 0 bridgehead atoms. The zero-order chi connectivity index (χ0) is 30.9. The SMILES string of the molecule is CC(C)(C)Oc1cc(C(=O)CC(=O)O)ccc1C1=NC(c2ccc(Cl)cc2)C(c2cocn2)N1C(=O)N1CCNC(=O)C1. The number of aliphatic carboxylic acids is 1. The molecule has 1 aromatic heterocycles. The number of Topliss-reactive ketones (excluding diaryl/α,β-unsaturated/α-hetero) is 1. The van der Waals surface area contributed by atoms with Gasteiger partial charge in [0.2, 0.25) is 5.91 Å². The molecule has 12 nitrogen and oxygen atoms in total. The molecule has 224 valence electrons. The predicted octanol–water partition coefficient (Wildman–Crippen LogP) is 4.26. The molecule has 2 atom stereocenters. The summed E-state index contributed by atoms with van der Waals surface area (Å²) in [5.41, 5.74) is 0.968. The largest absolute Gasteiger partial charge is 0.487 e. The fourth-order valence-electron chi connectivity index (χ4n) is 5.01. The minimum absolute atomic E-state index is 0.136. The summed E-state index contributed by atoms with van der Waals surface area (Å²) < 4.78 is 11.6. The van der Waals surface area contributed by atoms with Gasteiger partial charge >= 0.3 is 12.0 Å². The van der Waals surface area contributed by atoms with E-state index in [1.54, 1.807) is 18.2 Å². The number of nitrogens with one attached hydrogen (secondary N) is 1. The van der Waals surface area contributed by atoms with Crippen molar-refractivity contribution in [2.45, 2.75) is 44.9 Å². The number of oxazole rings is 1. The van der Waals surface area contributed by atoms with Gasteiger partial charge in [-0.05, 0) is 50.6 Å². The lowest BCUT2D eigenvalue weighted by atomic mass is 9.97. The van der Waals surface area contributed by atoms with Gasteiger partial charge in [-0.3, -0.25) is 24.3 Å². The van der Waals surface area contributed by atoms with Crippen LogP contribution in [0.1, 0.15) is 66.5 Å². The van der Waals surface area contributed by atoms with Gasteiger partial charge < -0.3 is 24.5 Å². The van der Waals surface area contributed by atoms with Crippen molar-refractivity contribution in [3.05, 3.63) is 82.5 Å². The van der Waals surface area contributed by atoms with E-state index in [4.69, 9.17) is 25.7 Å². The topological polar surface area (TPSA) is 155 Å². The van der Waals surface area contributed by atoms with Crippen LogP contribution in [0.25, 0.3) is 0 Å². The molecule has 3 amide bonds. The molecule has 2 unspecified atom stereocenters. The molecule has 43 heavy (non-hydrogen) atoms. The number of aromatic nitrogens is 1. The minimum Gasteiger partial charge on any atom is -0.487 e. The van der Waals surface area contributed by atoms with Crippen LogP contribution < -0.4 is 10.1 Å². The number of urea groups is 1. The summed E-state index contributed by atoms with van der Waals surface area (Å²) in [5.74, 6) is -1.69. The zero-order valence-corrected chi connectivity index (χ0v) is 24.5. The molecule has 1 fully saturated rings. The van der Waals surface area contributed by atoms with Crippen molar-refractivity contribution in [3.8, 4) is 5.75 Å². The Morgan fingerprint density at radius 3 is 2.53 bits per heavy atom. The first-order chi connectivity index (χ1) is 20.4. The van der Waals surface area contributed by atoms with Crippen LogP contribution in [0.4, 0.5) is 4.79 Å². The number of hydrogen-bond donors (Lipinski definition) is 2. The predicted molar refractivity (Wildman–Crippen MR) is 155 cm³/mol. The van der Waals surface area contributed by atoms with E-state index in [2.05, 4.69) is 10.3 Å². The quantitative estimate of drug-likeness (QED) is 0.298. The van der Waals surface area contributed by atoms with Crippen molar-refractivity contribution in [2.24, 2.45) is 4.99 Å². The average molecular weight is 608 g/mol. The van der Waals surface area contributed by atoms with Crippen LogP contribution in [-0.2, 0) is 9.59 Å². The van der Waals surface area contributed by atoms with Gasteiger partial charge in [0.15, 0.2) is 12.2 Å². The van der Waals surface area contributed by atoms with Gasteiger partial charge in [-0.25, -0.2) is 9.78 Å². The average Bonchev–Trinajstić information content (AvgIpc) is 3.60. The van der Waals surface area contributed by atoms with Crippen LogP contribution in [0, 0.1) is 0 Å². The number of ketones is 1. The molecule has 13 heteroatoms. The summed E-state index contributed by atoms with van der Waals surface area (Å²) in [5, 5.41) is 12.4. The molecular weight excluding hydrogens is 578 g/mol. The Labute approximate surface area is 252 Å². The lowest BCUT2D eigenvalue weighted by Crippen LogP contribution is -2.55. The molecule has 3 heterocycles. The maximum Gasteiger partial charge on any atom is 0.326 e.